The van der Waals surface area contributed by atoms with E-state index < -0.39 is 11.5 Å². The molecule has 27 heavy (non-hydrogen) atoms. The Morgan fingerprint density at radius 2 is 1.70 bits per heavy atom. The molecule has 0 bridgehead atoms. The van der Waals surface area contributed by atoms with Crippen LogP contribution in [0.2, 0.25) is 5.02 Å². The lowest BCUT2D eigenvalue weighted by atomic mass is 9.81. The molecule has 1 aromatic carbocycles. The van der Waals surface area contributed by atoms with Crippen LogP contribution in [-0.4, -0.2) is 41.3 Å². The van der Waals surface area contributed by atoms with Gasteiger partial charge < -0.3 is 9.64 Å². The molecule has 0 radical (unpaired) electrons. The largest absolute Gasteiger partial charge is 0.444 e. The number of carbonyl (C=O) groups excluding carboxylic acids is 3. The number of ketones is 2. The number of nitrogens with zero attached hydrogens (tertiary/aromatic N) is 1. The number of carbonyl (C=O) groups is 3. The van der Waals surface area contributed by atoms with E-state index in [9.17, 15) is 14.4 Å². The lowest BCUT2D eigenvalue weighted by Gasteiger charge is -2.33. The van der Waals surface area contributed by atoms with Crippen molar-refractivity contribution in [2.45, 2.75) is 52.6 Å². The molecule has 1 aliphatic heterocycles. The van der Waals surface area contributed by atoms with Crippen LogP contribution in [0.1, 0.15) is 57.3 Å². The number of likely N-dealkylation sites (tertiary alicyclic amines) is 1. The first kappa shape index (κ1) is 21.4. The van der Waals surface area contributed by atoms with Gasteiger partial charge in [0.2, 0.25) is 0 Å². The van der Waals surface area contributed by atoms with Gasteiger partial charge in [-0.05, 0) is 64.3 Å². The fraction of sp³-hybridized carbons (Fsp3) is 0.571. The first-order valence-corrected chi connectivity index (χ1v) is 9.81. The summed E-state index contributed by atoms with van der Waals surface area (Å²) in [6.45, 7) is 8.28. The molecule has 6 heteroatoms. The highest BCUT2D eigenvalue weighted by Crippen LogP contribution is 2.26. The summed E-state index contributed by atoms with van der Waals surface area (Å²) in [4.78, 5) is 39.5. The van der Waals surface area contributed by atoms with Gasteiger partial charge in [0.15, 0.2) is 5.78 Å². The van der Waals surface area contributed by atoms with Crippen molar-refractivity contribution in [1.82, 2.24) is 4.90 Å². The summed E-state index contributed by atoms with van der Waals surface area (Å²) in [6.07, 6.45) is 1.23. The molecule has 1 heterocycles. The average molecular weight is 394 g/mol. The zero-order valence-corrected chi connectivity index (χ0v) is 17.2. The number of halogens is 1. The van der Waals surface area contributed by atoms with E-state index in [-0.39, 0.29) is 23.6 Å². The highest BCUT2D eigenvalue weighted by molar-refractivity contribution is 6.30. The third-order valence-electron chi connectivity index (χ3n) is 4.75. The summed E-state index contributed by atoms with van der Waals surface area (Å²) in [5.74, 6) is -1.04. The summed E-state index contributed by atoms with van der Waals surface area (Å²) in [5, 5.41) is 0.556. The predicted molar refractivity (Wildman–Crippen MR) is 105 cm³/mol. The van der Waals surface area contributed by atoms with Crippen LogP contribution in [0, 0.1) is 11.8 Å². The first-order chi connectivity index (χ1) is 12.6. The van der Waals surface area contributed by atoms with Crippen LogP contribution in [0.5, 0.6) is 0 Å². The quantitative estimate of drug-likeness (QED) is 0.534. The molecule has 1 fully saturated rings. The fourth-order valence-corrected chi connectivity index (χ4v) is 3.41. The molecule has 2 rings (SSSR count). The molecular weight excluding hydrogens is 366 g/mol. The van der Waals surface area contributed by atoms with Crippen LogP contribution < -0.4 is 0 Å². The second kappa shape index (κ2) is 8.87. The normalized spacial score (nSPS) is 16.7. The van der Waals surface area contributed by atoms with Gasteiger partial charge in [-0.2, -0.15) is 0 Å². The maximum Gasteiger partial charge on any atom is 0.410 e. The number of amides is 1. The van der Waals surface area contributed by atoms with Gasteiger partial charge in [0.05, 0.1) is 5.92 Å². The molecule has 1 atom stereocenters. The molecule has 0 spiro atoms. The Morgan fingerprint density at radius 1 is 1.15 bits per heavy atom. The zero-order chi connectivity index (χ0) is 20.2. The van der Waals surface area contributed by atoms with Gasteiger partial charge in [0, 0.05) is 29.6 Å². The maximum atomic E-state index is 12.9. The van der Waals surface area contributed by atoms with E-state index in [1.165, 1.54) is 0 Å². The Morgan fingerprint density at radius 3 is 2.19 bits per heavy atom. The molecule has 1 saturated heterocycles. The molecule has 1 amide bonds. The van der Waals surface area contributed by atoms with Crippen molar-refractivity contribution in [3.8, 4) is 0 Å². The maximum absolute atomic E-state index is 12.9. The Bertz CT molecular complexity index is 685. The number of rotatable bonds is 5. The standard InChI is InChI=1S/C21H28ClNO4/c1-5-17(18(24)14-6-8-16(22)9-7-14)19(25)15-10-12-23(13-11-15)20(26)27-21(2,3)4/h6-9,15,17H,5,10-13H2,1-4H3. The van der Waals surface area contributed by atoms with E-state index in [1.807, 2.05) is 27.7 Å². The van der Waals surface area contributed by atoms with Crippen LogP contribution >= 0.6 is 11.6 Å². The number of piperidine rings is 1. The van der Waals surface area contributed by atoms with Crippen molar-refractivity contribution in [1.29, 1.82) is 0 Å². The zero-order valence-electron chi connectivity index (χ0n) is 16.5. The second-order valence-electron chi connectivity index (χ2n) is 7.98. The minimum Gasteiger partial charge on any atom is -0.444 e. The number of hydrogen-bond acceptors (Lipinski definition) is 4. The van der Waals surface area contributed by atoms with Gasteiger partial charge in [-0.15, -0.1) is 0 Å². The minimum absolute atomic E-state index is 0.0266. The van der Waals surface area contributed by atoms with E-state index in [0.717, 1.165) is 0 Å². The third kappa shape index (κ3) is 5.80. The number of hydrogen-bond donors (Lipinski definition) is 0. The topological polar surface area (TPSA) is 63.7 Å². The summed E-state index contributed by atoms with van der Waals surface area (Å²) in [6, 6.07) is 6.63. The summed E-state index contributed by atoms with van der Waals surface area (Å²) < 4.78 is 5.38. The lowest BCUT2D eigenvalue weighted by Crippen LogP contribution is -2.44. The molecule has 1 unspecified atom stereocenters. The molecule has 1 aliphatic rings. The van der Waals surface area contributed by atoms with Crippen LogP contribution in [0.4, 0.5) is 4.79 Å². The lowest BCUT2D eigenvalue weighted by molar-refractivity contribution is -0.127. The Labute approximate surface area is 166 Å². The average Bonchev–Trinajstić information content (AvgIpc) is 2.61. The molecule has 0 saturated carbocycles. The predicted octanol–water partition coefficient (Wildman–Crippen LogP) is 4.77. The summed E-state index contributed by atoms with van der Waals surface area (Å²) >= 11 is 5.87. The Balaban J connectivity index is 1.98. The molecule has 0 aliphatic carbocycles. The van der Waals surface area contributed by atoms with Gasteiger partial charge in [-0.25, -0.2) is 4.79 Å². The molecule has 1 aromatic rings. The first-order valence-electron chi connectivity index (χ1n) is 9.43. The van der Waals surface area contributed by atoms with E-state index in [4.69, 9.17) is 16.3 Å². The minimum atomic E-state index is -0.649. The van der Waals surface area contributed by atoms with Crippen molar-refractivity contribution in [2.24, 2.45) is 11.8 Å². The van der Waals surface area contributed by atoms with Crippen LogP contribution in [0.15, 0.2) is 24.3 Å². The summed E-state index contributed by atoms with van der Waals surface area (Å²) in [5.41, 5.74) is -0.0343. The van der Waals surface area contributed by atoms with Crippen molar-refractivity contribution in [2.75, 3.05) is 13.1 Å². The fourth-order valence-electron chi connectivity index (χ4n) is 3.29. The second-order valence-corrected chi connectivity index (χ2v) is 8.41. The van der Waals surface area contributed by atoms with Gasteiger partial charge >= 0.3 is 6.09 Å². The smallest absolute Gasteiger partial charge is 0.410 e. The third-order valence-corrected chi connectivity index (χ3v) is 5.00. The highest BCUT2D eigenvalue weighted by Gasteiger charge is 2.35. The van der Waals surface area contributed by atoms with Gasteiger partial charge in [-0.1, -0.05) is 18.5 Å². The van der Waals surface area contributed by atoms with Gasteiger partial charge in [0.1, 0.15) is 11.4 Å². The Hall–Kier alpha value is -1.88. The monoisotopic (exact) mass is 393 g/mol. The molecule has 0 aromatic heterocycles. The van der Waals surface area contributed by atoms with Crippen molar-refractivity contribution >= 4 is 29.3 Å². The van der Waals surface area contributed by atoms with Crippen LogP contribution in [0.3, 0.4) is 0 Å². The van der Waals surface area contributed by atoms with Gasteiger partial charge in [-0.3, -0.25) is 9.59 Å². The van der Waals surface area contributed by atoms with E-state index in [1.54, 1.807) is 29.2 Å². The molecular formula is C21H28ClNO4. The number of Topliss-reactive ketones (excluding diaryl/α,β-unsaturated/α-hetero) is 2. The van der Waals surface area contributed by atoms with E-state index in [2.05, 4.69) is 0 Å². The molecule has 148 valence electrons. The van der Waals surface area contributed by atoms with Crippen molar-refractivity contribution in [3.63, 3.8) is 0 Å². The summed E-state index contributed by atoms with van der Waals surface area (Å²) in [7, 11) is 0. The van der Waals surface area contributed by atoms with Gasteiger partial charge in [0.25, 0.3) is 0 Å². The van der Waals surface area contributed by atoms with Crippen LogP contribution in [0.25, 0.3) is 0 Å². The van der Waals surface area contributed by atoms with E-state index >= 15 is 0 Å². The van der Waals surface area contributed by atoms with Crippen molar-refractivity contribution < 1.29 is 19.1 Å². The Kier molecular flexibility index (Phi) is 7.04. The molecule has 0 N–H and O–H groups in total. The van der Waals surface area contributed by atoms with E-state index in [0.29, 0.717) is 42.9 Å². The van der Waals surface area contributed by atoms with Crippen molar-refractivity contribution in [3.05, 3.63) is 34.9 Å². The number of benzene rings is 1. The van der Waals surface area contributed by atoms with Crippen LogP contribution in [-0.2, 0) is 9.53 Å². The molecule has 5 nitrogen and oxygen atoms in total. The number of ether oxygens (including phenoxy) is 1. The SMILES string of the molecule is CCC(C(=O)c1ccc(Cl)cc1)C(=O)C1CCN(C(=O)OC(C)(C)C)CC1. The highest BCUT2D eigenvalue weighted by atomic mass is 35.5.